The molecular weight excluding hydrogens is 420 g/mol. The van der Waals surface area contributed by atoms with Gasteiger partial charge in [-0.3, -0.25) is 0 Å². The van der Waals surface area contributed by atoms with Crippen LogP contribution in [0.25, 0.3) is 11.1 Å². The van der Waals surface area contributed by atoms with Gasteiger partial charge >= 0.3 is 6.09 Å². The van der Waals surface area contributed by atoms with Crippen molar-refractivity contribution in [1.82, 2.24) is 10.3 Å². The minimum atomic E-state index is -1.40. The number of hydrogen-bond donors (Lipinski definition) is 4. The lowest BCUT2D eigenvalue weighted by atomic mass is 9.98. The summed E-state index contributed by atoms with van der Waals surface area (Å²) >= 11 is 5.72. The highest BCUT2D eigenvalue weighted by Gasteiger charge is 2.29. The molecule has 0 spiro atoms. The van der Waals surface area contributed by atoms with E-state index in [-0.39, 0.29) is 35.7 Å². The van der Waals surface area contributed by atoms with Crippen molar-refractivity contribution in [3.8, 4) is 16.9 Å². The zero-order valence-corrected chi connectivity index (χ0v) is 17.2. The molecule has 1 heterocycles. The topological polar surface area (TPSA) is 112 Å². The predicted octanol–water partition coefficient (Wildman–Crippen LogP) is 3.37. The molecule has 0 fully saturated rings. The number of amides is 1. The Labute approximate surface area is 183 Å². The number of rotatable bonds is 6. The standard InChI is InChI=1S/C23H21ClN2O5/c24-22-19(27)10-9-18(26-22)21(29)20(28)11-25-23(30)31-12-17-15-7-3-1-5-13(15)14-6-2-4-8-16(14)17/h1-10,17,20-21,27-29H,11-12H2,(H,25,30). The lowest BCUT2D eigenvalue weighted by molar-refractivity contribution is 0.0160. The number of benzene rings is 2. The highest BCUT2D eigenvalue weighted by atomic mass is 35.5. The van der Waals surface area contributed by atoms with E-state index in [0.29, 0.717) is 0 Å². The Hall–Kier alpha value is -3.13. The fraction of sp³-hybridized carbons (Fsp3) is 0.217. The van der Waals surface area contributed by atoms with Gasteiger partial charge in [0.2, 0.25) is 0 Å². The molecule has 4 rings (SSSR count). The maximum absolute atomic E-state index is 12.2. The second-order valence-electron chi connectivity index (χ2n) is 7.26. The number of ether oxygens (including phenoxy) is 1. The Bertz CT molecular complexity index is 1060. The number of nitrogens with one attached hydrogen (secondary N) is 1. The molecule has 1 aliphatic carbocycles. The van der Waals surface area contributed by atoms with Crippen LogP contribution in [0.15, 0.2) is 60.7 Å². The zero-order chi connectivity index (χ0) is 22.0. The summed E-state index contributed by atoms with van der Waals surface area (Å²) in [4.78, 5) is 16.0. The maximum atomic E-state index is 12.2. The van der Waals surface area contributed by atoms with Crippen molar-refractivity contribution in [1.29, 1.82) is 0 Å². The number of carbonyl (C=O) groups is 1. The number of nitrogens with zero attached hydrogens (tertiary/aromatic N) is 1. The van der Waals surface area contributed by atoms with Gasteiger partial charge in [0.15, 0.2) is 10.9 Å². The Morgan fingerprint density at radius 3 is 2.26 bits per heavy atom. The molecule has 1 aliphatic rings. The molecule has 0 aliphatic heterocycles. The summed E-state index contributed by atoms with van der Waals surface area (Å²) in [5.41, 5.74) is 4.53. The van der Waals surface area contributed by atoms with Gasteiger partial charge in [0.05, 0.1) is 5.69 Å². The fourth-order valence-corrected chi connectivity index (χ4v) is 3.91. The molecule has 1 amide bonds. The van der Waals surface area contributed by atoms with Crippen LogP contribution in [-0.4, -0.2) is 45.7 Å². The molecule has 0 saturated heterocycles. The summed E-state index contributed by atoms with van der Waals surface area (Å²) in [5, 5.41) is 32.0. The SMILES string of the molecule is O=C(NCC(O)C(O)c1ccc(O)c(Cl)n1)OCC1c2ccccc2-c2ccccc21. The number of halogens is 1. The molecule has 2 aromatic carbocycles. The number of aliphatic hydroxyl groups is 2. The van der Waals surface area contributed by atoms with Crippen LogP contribution in [0.5, 0.6) is 5.75 Å². The van der Waals surface area contributed by atoms with Crippen LogP contribution in [0, 0.1) is 0 Å². The molecule has 4 N–H and O–H groups in total. The van der Waals surface area contributed by atoms with E-state index in [4.69, 9.17) is 16.3 Å². The van der Waals surface area contributed by atoms with Crippen molar-refractivity contribution in [3.05, 3.63) is 82.6 Å². The zero-order valence-electron chi connectivity index (χ0n) is 16.4. The lowest BCUT2D eigenvalue weighted by Crippen LogP contribution is -2.36. The summed E-state index contributed by atoms with van der Waals surface area (Å²) in [7, 11) is 0. The summed E-state index contributed by atoms with van der Waals surface area (Å²) in [6, 6.07) is 18.6. The van der Waals surface area contributed by atoms with Crippen molar-refractivity contribution >= 4 is 17.7 Å². The Kier molecular flexibility index (Phi) is 6.08. The van der Waals surface area contributed by atoms with Crippen molar-refractivity contribution in [2.45, 2.75) is 18.1 Å². The largest absolute Gasteiger partial charge is 0.505 e. The number of pyridine rings is 1. The van der Waals surface area contributed by atoms with Crippen LogP contribution >= 0.6 is 11.6 Å². The van der Waals surface area contributed by atoms with E-state index in [1.54, 1.807) is 0 Å². The highest BCUT2D eigenvalue weighted by Crippen LogP contribution is 2.44. The molecule has 160 valence electrons. The first-order valence-electron chi connectivity index (χ1n) is 9.76. The minimum Gasteiger partial charge on any atom is -0.505 e. The third-order valence-electron chi connectivity index (χ3n) is 5.32. The van der Waals surface area contributed by atoms with Crippen LogP contribution in [0.3, 0.4) is 0 Å². The van der Waals surface area contributed by atoms with Gasteiger partial charge in [0.1, 0.15) is 18.8 Å². The van der Waals surface area contributed by atoms with Crippen LogP contribution in [-0.2, 0) is 4.74 Å². The number of aromatic hydroxyl groups is 1. The summed E-state index contributed by atoms with van der Waals surface area (Å²) in [6.45, 7) is -0.106. The molecule has 3 aromatic rings. The first-order chi connectivity index (χ1) is 15.0. The molecule has 8 heteroatoms. The summed E-state index contributed by atoms with van der Waals surface area (Å²) in [5.74, 6) is -0.305. The molecular formula is C23H21ClN2O5. The second-order valence-corrected chi connectivity index (χ2v) is 7.62. The molecule has 2 atom stereocenters. The molecule has 7 nitrogen and oxygen atoms in total. The molecule has 31 heavy (non-hydrogen) atoms. The van der Waals surface area contributed by atoms with Crippen LogP contribution in [0.2, 0.25) is 5.15 Å². The Morgan fingerprint density at radius 1 is 1.03 bits per heavy atom. The minimum absolute atomic E-state index is 0.0722. The highest BCUT2D eigenvalue weighted by molar-refractivity contribution is 6.30. The van der Waals surface area contributed by atoms with Gasteiger partial charge in [0, 0.05) is 12.5 Å². The van der Waals surface area contributed by atoms with Crippen LogP contribution in [0.1, 0.15) is 28.8 Å². The smallest absolute Gasteiger partial charge is 0.407 e. The molecule has 0 radical (unpaired) electrons. The van der Waals surface area contributed by atoms with E-state index >= 15 is 0 Å². The first kappa shape index (κ1) is 21.1. The van der Waals surface area contributed by atoms with Gasteiger partial charge in [-0.25, -0.2) is 9.78 Å². The summed E-state index contributed by atoms with van der Waals surface area (Å²) in [6.07, 6.45) is -3.44. The van der Waals surface area contributed by atoms with Gasteiger partial charge in [-0.15, -0.1) is 0 Å². The van der Waals surface area contributed by atoms with E-state index in [1.165, 1.54) is 12.1 Å². The van der Waals surface area contributed by atoms with Crippen molar-refractivity contribution in [2.24, 2.45) is 0 Å². The van der Waals surface area contributed by atoms with Crippen molar-refractivity contribution in [2.75, 3.05) is 13.2 Å². The average Bonchev–Trinajstić information content (AvgIpc) is 3.11. The third-order valence-corrected chi connectivity index (χ3v) is 5.60. The van der Waals surface area contributed by atoms with Crippen LogP contribution in [0.4, 0.5) is 4.79 Å². The van der Waals surface area contributed by atoms with Gasteiger partial charge in [-0.05, 0) is 34.4 Å². The number of aliphatic hydroxyl groups excluding tert-OH is 2. The maximum Gasteiger partial charge on any atom is 0.407 e. The van der Waals surface area contributed by atoms with Crippen molar-refractivity contribution < 1.29 is 24.9 Å². The number of alkyl carbamates (subject to hydrolysis) is 1. The number of fused-ring (bicyclic) bond motifs is 3. The fourth-order valence-electron chi connectivity index (χ4n) is 3.75. The van der Waals surface area contributed by atoms with Crippen LogP contribution < -0.4 is 5.32 Å². The van der Waals surface area contributed by atoms with E-state index in [1.807, 2.05) is 36.4 Å². The summed E-state index contributed by atoms with van der Waals surface area (Å²) < 4.78 is 5.40. The quantitative estimate of drug-likeness (QED) is 0.437. The molecule has 0 bridgehead atoms. The second kappa shape index (κ2) is 8.93. The monoisotopic (exact) mass is 440 g/mol. The number of aromatic nitrogens is 1. The van der Waals surface area contributed by atoms with Gasteiger partial charge in [-0.2, -0.15) is 0 Å². The Morgan fingerprint density at radius 2 is 1.65 bits per heavy atom. The van der Waals surface area contributed by atoms with E-state index < -0.39 is 18.3 Å². The van der Waals surface area contributed by atoms with Gasteiger partial charge in [-0.1, -0.05) is 60.1 Å². The van der Waals surface area contributed by atoms with E-state index in [2.05, 4.69) is 22.4 Å². The molecule has 2 unspecified atom stereocenters. The van der Waals surface area contributed by atoms with E-state index in [9.17, 15) is 20.1 Å². The average molecular weight is 441 g/mol. The first-order valence-corrected chi connectivity index (χ1v) is 10.1. The van der Waals surface area contributed by atoms with E-state index in [0.717, 1.165) is 22.3 Å². The molecule has 0 saturated carbocycles. The number of hydrogen-bond acceptors (Lipinski definition) is 6. The van der Waals surface area contributed by atoms with Crippen molar-refractivity contribution in [3.63, 3.8) is 0 Å². The molecule has 1 aromatic heterocycles. The van der Waals surface area contributed by atoms with Gasteiger partial charge in [0.25, 0.3) is 0 Å². The van der Waals surface area contributed by atoms with Gasteiger partial charge < -0.3 is 25.4 Å². The predicted molar refractivity (Wildman–Crippen MR) is 115 cm³/mol. The number of carbonyl (C=O) groups excluding carboxylic acids is 1. The third kappa shape index (κ3) is 4.34. The Balaban J connectivity index is 1.34. The normalized spacial score (nSPS) is 14.4. The lowest BCUT2D eigenvalue weighted by Gasteiger charge is -2.19.